The largest absolute Gasteiger partial charge is 0.378 e. The molecule has 0 amide bonds. The highest BCUT2D eigenvalue weighted by molar-refractivity contribution is 7.93. The number of rotatable bonds is 6. The molecule has 0 saturated carbocycles. The fourth-order valence-electron chi connectivity index (χ4n) is 2.38. The van der Waals surface area contributed by atoms with Gasteiger partial charge < -0.3 is 5.32 Å². The first kappa shape index (κ1) is 18.6. The van der Waals surface area contributed by atoms with E-state index in [4.69, 9.17) is 11.6 Å². The molecule has 0 bridgehead atoms. The van der Waals surface area contributed by atoms with E-state index in [0.29, 0.717) is 15.6 Å². The number of hydrogen-bond acceptors (Lipinski definition) is 5. The van der Waals surface area contributed by atoms with Crippen LogP contribution in [0.25, 0.3) is 0 Å². The summed E-state index contributed by atoms with van der Waals surface area (Å²) in [7, 11) is -3.81. The minimum atomic E-state index is -3.81. The molecule has 136 valence electrons. The zero-order valence-electron chi connectivity index (χ0n) is 13.6. The van der Waals surface area contributed by atoms with Crippen molar-refractivity contribution in [3.05, 3.63) is 70.4 Å². The van der Waals surface area contributed by atoms with Gasteiger partial charge in [0, 0.05) is 11.3 Å². The topological polar surface area (TPSA) is 71.1 Å². The summed E-state index contributed by atoms with van der Waals surface area (Å²) in [6.45, 7) is 1.80. The molecule has 0 saturated heterocycles. The van der Waals surface area contributed by atoms with E-state index >= 15 is 0 Å². The summed E-state index contributed by atoms with van der Waals surface area (Å²) in [5.74, 6) is -0.321. The number of nitrogens with one attached hydrogen (secondary N) is 2. The number of aromatic nitrogens is 1. The molecule has 1 heterocycles. The molecule has 2 aromatic carbocycles. The van der Waals surface area contributed by atoms with Gasteiger partial charge in [0.05, 0.1) is 17.1 Å². The Kier molecular flexibility index (Phi) is 5.45. The SMILES string of the molecule is C[C@H](Nc1cccc(S(=O)(=O)Nc2ncc(Cl)s2)c1)c1ccccc1F. The summed E-state index contributed by atoms with van der Waals surface area (Å²) >= 11 is 6.80. The fourth-order valence-corrected chi connectivity index (χ4v) is 4.48. The lowest BCUT2D eigenvalue weighted by Crippen LogP contribution is -2.14. The molecular weight excluding hydrogens is 397 g/mol. The third kappa shape index (κ3) is 4.32. The van der Waals surface area contributed by atoms with Gasteiger partial charge in [0.2, 0.25) is 0 Å². The van der Waals surface area contributed by atoms with E-state index in [2.05, 4.69) is 15.0 Å². The Balaban J connectivity index is 1.80. The molecular formula is C17H15ClFN3O2S2. The number of nitrogens with zero attached hydrogens (tertiary/aromatic N) is 1. The summed E-state index contributed by atoms with van der Waals surface area (Å²) in [6, 6.07) is 12.4. The summed E-state index contributed by atoms with van der Waals surface area (Å²) < 4.78 is 41.7. The van der Waals surface area contributed by atoms with Gasteiger partial charge in [-0.3, -0.25) is 4.72 Å². The second kappa shape index (κ2) is 7.61. The highest BCUT2D eigenvalue weighted by Gasteiger charge is 2.17. The zero-order chi connectivity index (χ0) is 18.7. The van der Waals surface area contributed by atoms with E-state index in [1.165, 1.54) is 24.4 Å². The fraction of sp³-hybridized carbons (Fsp3) is 0.118. The molecule has 1 aromatic heterocycles. The number of sulfonamides is 1. The first-order valence-corrected chi connectivity index (χ1v) is 10.3. The first-order chi connectivity index (χ1) is 12.3. The number of benzene rings is 2. The normalized spacial score (nSPS) is 12.6. The predicted molar refractivity (Wildman–Crippen MR) is 103 cm³/mol. The van der Waals surface area contributed by atoms with Gasteiger partial charge in [-0.1, -0.05) is 47.2 Å². The number of anilines is 2. The first-order valence-electron chi connectivity index (χ1n) is 7.60. The molecule has 3 aromatic rings. The van der Waals surface area contributed by atoms with Gasteiger partial charge in [-0.05, 0) is 31.2 Å². The monoisotopic (exact) mass is 411 g/mol. The van der Waals surface area contributed by atoms with Gasteiger partial charge >= 0.3 is 0 Å². The Morgan fingerprint density at radius 3 is 2.65 bits per heavy atom. The molecule has 0 spiro atoms. The van der Waals surface area contributed by atoms with Crippen LogP contribution >= 0.6 is 22.9 Å². The Bertz CT molecular complexity index is 1020. The van der Waals surface area contributed by atoms with Crippen LogP contribution in [-0.4, -0.2) is 13.4 Å². The average molecular weight is 412 g/mol. The molecule has 0 aliphatic heterocycles. The minimum absolute atomic E-state index is 0.0644. The molecule has 0 aliphatic rings. The summed E-state index contributed by atoms with van der Waals surface area (Å²) in [6.07, 6.45) is 1.37. The Labute approximate surface area is 159 Å². The van der Waals surface area contributed by atoms with E-state index < -0.39 is 10.0 Å². The van der Waals surface area contributed by atoms with Gasteiger partial charge in [0.25, 0.3) is 10.0 Å². The molecule has 0 aliphatic carbocycles. The van der Waals surface area contributed by atoms with Crippen LogP contribution in [0.1, 0.15) is 18.5 Å². The molecule has 5 nitrogen and oxygen atoms in total. The van der Waals surface area contributed by atoms with Crippen molar-refractivity contribution in [2.24, 2.45) is 0 Å². The number of halogens is 2. The van der Waals surface area contributed by atoms with E-state index in [9.17, 15) is 12.8 Å². The lowest BCUT2D eigenvalue weighted by atomic mass is 10.1. The van der Waals surface area contributed by atoms with Crippen molar-refractivity contribution in [1.29, 1.82) is 0 Å². The minimum Gasteiger partial charge on any atom is -0.378 e. The van der Waals surface area contributed by atoms with Crippen LogP contribution in [0.5, 0.6) is 0 Å². The number of hydrogen-bond donors (Lipinski definition) is 2. The Morgan fingerprint density at radius 1 is 1.19 bits per heavy atom. The maximum Gasteiger partial charge on any atom is 0.263 e. The second-order valence-electron chi connectivity index (χ2n) is 5.49. The van der Waals surface area contributed by atoms with Crippen LogP contribution in [-0.2, 0) is 10.0 Å². The van der Waals surface area contributed by atoms with Crippen molar-refractivity contribution in [3.63, 3.8) is 0 Å². The zero-order valence-corrected chi connectivity index (χ0v) is 16.0. The van der Waals surface area contributed by atoms with Gasteiger partial charge in [-0.15, -0.1) is 0 Å². The van der Waals surface area contributed by atoms with E-state index in [1.807, 2.05) is 0 Å². The van der Waals surface area contributed by atoms with Crippen molar-refractivity contribution in [1.82, 2.24) is 4.98 Å². The Hall–Kier alpha value is -2.16. The molecule has 1 atom stereocenters. The van der Waals surface area contributed by atoms with Crippen LogP contribution < -0.4 is 10.0 Å². The molecule has 3 rings (SSSR count). The molecule has 0 radical (unpaired) electrons. The van der Waals surface area contributed by atoms with Crippen LogP contribution in [0, 0.1) is 5.82 Å². The van der Waals surface area contributed by atoms with Crippen molar-refractivity contribution in [3.8, 4) is 0 Å². The van der Waals surface area contributed by atoms with Crippen molar-refractivity contribution in [2.75, 3.05) is 10.0 Å². The third-order valence-electron chi connectivity index (χ3n) is 3.60. The maximum absolute atomic E-state index is 13.9. The highest BCUT2D eigenvalue weighted by atomic mass is 35.5. The predicted octanol–water partition coefficient (Wildman–Crippen LogP) is 4.91. The molecule has 26 heavy (non-hydrogen) atoms. The summed E-state index contributed by atoms with van der Waals surface area (Å²) in [4.78, 5) is 3.95. The van der Waals surface area contributed by atoms with Gasteiger partial charge in [0.15, 0.2) is 5.13 Å². The second-order valence-corrected chi connectivity index (χ2v) is 8.83. The van der Waals surface area contributed by atoms with E-state index in [1.54, 1.807) is 37.3 Å². The summed E-state index contributed by atoms with van der Waals surface area (Å²) in [5, 5.41) is 3.30. The lowest BCUT2D eigenvalue weighted by molar-refractivity contribution is 0.599. The van der Waals surface area contributed by atoms with Crippen molar-refractivity contribution < 1.29 is 12.8 Å². The van der Waals surface area contributed by atoms with Crippen LogP contribution in [0.4, 0.5) is 15.2 Å². The van der Waals surface area contributed by atoms with Crippen molar-refractivity contribution >= 4 is 43.8 Å². The standard InChI is InChI=1S/C17H15ClFN3O2S2/c1-11(14-7-2-3-8-15(14)19)21-12-5-4-6-13(9-12)26(23,24)22-17-20-10-16(18)25-17/h2-11,21H,1H3,(H,20,22)/t11-/m0/s1. The van der Waals surface area contributed by atoms with Crippen LogP contribution in [0.15, 0.2) is 59.6 Å². The van der Waals surface area contributed by atoms with Gasteiger partial charge in [0.1, 0.15) is 10.2 Å². The Morgan fingerprint density at radius 2 is 1.96 bits per heavy atom. The molecule has 2 N–H and O–H groups in total. The summed E-state index contributed by atoms with van der Waals surface area (Å²) in [5.41, 5.74) is 1.05. The molecule has 0 unspecified atom stereocenters. The van der Waals surface area contributed by atoms with Crippen LogP contribution in [0.3, 0.4) is 0 Å². The smallest absolute Gasteiger partial charge is 0.263 e. The van der Waals surface area contributed by atoms with Gasteiger partial charge in [-0.25, -0.2) is 17.8 Å². The van der Waals surface area contributed by atoms with Crippen molar-refractivity contribution in [2.45, 2.75) is 17.9 Å². The quantitative estimate of drug-likeness (QED) is 0.604. The van der Waals surface area contributed by atoms with E-state index in [0.717, 1.165) is 11.3 Å². The number of thiazole rings is 1. The lowest BCUT2D eigenvalue weighted by Gasteiger charge is -2.17. The van der Waals surface area contributed by atoms with Crippen LogP contribution in [0.2, 0.25) is 4.34 Å². The third-order valence-corrected chi connectivity index (χ3v) is 6.09. The average Bonchev–Trinajstić information content (AvgIpc) is 2.99. The highest BCUT2D eigenvalue weighted by Crippen LogP contribution is 2.27. The molecule has 0 fully saturated rings. The van der Waals surface area contributed by atoms with Gasteiger partial charge in [-0.2, -0.15) is 0 Å². The maximum atomic E-state index is 13.9. The molecule has 9 heteroatoms. The van der Waals surface area contributed by atoms with E-state index in [-0.39, 0.29) is 21.9 Å².